The van der Waals surface area contributed by atoms with Crippen molar-refractivity contribution < 1.29 is 8.42 Å². The molecule has 1 N–H and O–H groups in total. The maximum absolute atomic E-state index is 12.6. The van der Waals surface area contributed by atoms with Crippen LogP contribution in [0.25, 0.3) is 0 Å². The summed E-state index contributed by atoms with van der Waals surface area (Å²) in [6, 6.07) is 5.22. The van der Waals surface area contributed by atoms with Crippen molar-refractivity contribution in [1.29, 1.82) is 0 Å². The molecule has 0 atom stereocenters. The highest BCUT2D eigenvalue weighted by Crippen LogP contribution is 2.26. The Morgan fingerprint density at radius 3 is 2.65 bits per heavy atom. The molecule has 1 rings (SSSR count). The van der Waals surface area contributed by atoms with E-state index in [-0.39, 0.29) is 11.4 Å². The van der Waals surface area contributed by atoms with E-state index in [1.165, 1.54) is 4.31 Å². The first-order chi connectivity index (χ1) is 9.47. The Morgan fingerprint density at radius 1 is 1.45 bits per heavy atom. The Balaban J connectivity index is 3.17. The lowest BCUT2D eigenvalue weighted by atomic mass is 10.2. The lowest BCUT2D eigenvalue weighted by Crippen LogP contribution is -2.32. The van der Waals surface area contributed by atoms with Crippen molar-refractivity contribution in [2.45, 2.75) is 24.8 Å². The van der Waals surface area contributed by atoms with Gasteiger partial charge < -0.3 is 5.32 Å². The molecule has 0 radical (unpaired) electrons. The van der Waals surface area contributed by atoms with E-state index in [9.17, 15) is 8.42 Å². The Morgan fingerprint density at radius 2 is 2.15 bits per heavy atom. The molecule has 0 aliphatic rings. The van der Waals surface area contributed by atoms with Crippen LogP contribution in [0.3, 0.4) is 0 Å². The summed E-state index contributed by atoms with van der Waals surface area (Å²) in [7, 11) is -1.72. The number of benzene rings is 1. The number of hydrogen-bond acceptors (Lipinski definition) is 3. The fraction of sp³-hybridized carbons (Fsp3) is 0.429. The topological polar surface area (TPSA) is 49.4 Å². The first kappa shape index (κ1) is 17.2. The van der Waals surface area contributed by atoms with Crippen LogP contribution in [0.15, 0.2) is 27.6 Å². The zero-order chi connectivity index (χ0) is 15.2. The summed E-state index contributed by atoms with van der Waals surface area (Å²) in [4.78, 5) is 0.251. The predicted molar refractivity (Wildman–Crippen MR) is 84.8 cm³/mol. The molecule has 0 saturated heterocycles. The van der Waals surface area contributed by atoms with E-state index < -0.39 is 10.0 Å². The summed E-state index contributed by atoms with van der Waals surface area (Å²) in [6.07, 6.45) is 5.98. The van der Waals surface area contributed by atoms with Crippen LogP contribution in [-0.4, -0.2) is 32.9 Å². The van der Waals surface area contributed by atoms with Gasteiger partial charge in [0, 0.05) is 17.6 Å². The zero-order valence-corrected chi connectivity index (χ0v) is 14.1. The maximum Gasteiger partial charge on any atom is 0.245 e. The van der Waals surface area contributed by atoms with E-state index in [1.807, 2.05) is 20.0 Å². The highest BCUT2D eigenvalue weighted by atomic mass is 79.9. The number of sulfonamides is 1. The lowest BCUT2D eigenvalue weighted by molar-refractivity contribution is 0.445. The molecule has 0 bridgehead atoms. The van der Waals surface area contributed by atoms with E-state index >= 15 is 0 Å². The fourth-order valence-electron chi connectivity index (χ4n) is 1.84. The van der Waals surface area contributed by atoms with Gasteiger partial charge in [-0.25, -0.2) is 8.42 Å². The van der Waals surface area contributed by atoms with Gasteiger partial charge in [0.25, 0.3) is 0 Å². The van der Waals surface area contributed by atoms with E-state index in [4.69, 9.17) is 6.42 Å². The molecule has 4 nitrogen and oxygen atoms in total. The van der Waals surface area contributed by atoms with Crippen LogP contribution in [0.1, 0.15) is 18.9 Å². The summed E-state index contributed by atoms with van der Waals surface area (Å²) in [5.41, 5.74) is 1.01. The molecule has 0 aliphatic heterocycles. The van der Waals surface area contributed by atoms with E-state index in [0.29, 0.717) is 17.6 Å². The number of terminal acetylenes is 1. The monoisotopic (exact) mass is 358 g/mol. The number of nitrogens with zero attached hydrogens (tertiary/aromatic N) is 1. The molecule has 0 spiro atoms. The van der Waals surface area contributed by atoms with E-state index in [0.717, 1.165) is 12.0 Å². The second-order valence-corrected chi connectivity index (χ2v) is 7.10. The molecule has 0 unspecified atom stereocenters. The number of halogens is 1. The normalized spacial score (nSPS) is 11.6. The highest BCUT2D eigenvalue weighted by Gasteiger charge is 2.25. The third-order valence-electron chi connectivity index (χ3n) is 2.74. The lowest BCUT2D eigenvalue weighted by Gasteiger charge is -2.20. The number of nitrogens with one attached hydrogen (secondary N) is 1. The predicted octanol–water partition coefficient (Wildman–Crippen LogP) is 2.20. The summed E-state index contributed by atoms with van der Waals surface area (Å²) in [6.45, 7) is 3.10. The summed E-state index contributed by atoms with van der Waals surface area (Å²) < 4.78 is 27.1. The number of rotatable bonds is 7. The first-order valence-corrected chi connectivity index (χ1v) is 8.57. The van der Waals surface area contributed by atoms with Crippen LogP contribution in [0.5, 0.6) is 0 Å². The summed E-state index contributed by atoms with van der Waals surface area (Å²) in [5.74, 6) is 2.40. The summed E-state index contributed by atoms with van der Waals surface area (Å²) >= 11 is 3.34. The van der Waals surface area contributed by atoms with Gasteiger partial charge in [0.1, 0.15) is 0 Å². The van der Waals surface area contributed by atoms with Gasteiger partial charge in [-0.3, -0.25) is 0 Å². The summed E-state index contributed by atoms with van der Waals surface area (Å²) in [5, 5.41) is 3.03. The van der Waals surface area contributed by atoms with Crippen LogP contribution < -0.4 is 5.32 Å². The van der Waals surface area contributed by atoms with Crippen molar-refractivity contribution >= 4 is 26.0 Å². The largest absolute Gasteiger partial charge is 0.316 e. The molecule has 0 aliphatic carbocycles. The van der Waals surface area contributed by atoms with Crippen LogP contribution in [0.2, 0.25) is 0 Å². The highest BCUT2D eigenvalue weighted by molar-refractivity contribution is 9.10. The van der Waals surface area contributed by atoms with Gasteiger partial charge in [-0.05, 0) is 47.1 Å². The van der Waals surface area contributed by atoms with Crippen LogP contribution in [0, 0.1) is 12.3 Å². The molecule has 1 aromatic rings. The Kier molecular flexibility index (Phi) is 6.69. The average Bonchev–Trinajstić information content (AvgIpc) is 2.38. The third-order valence-corrected chi connectivity index (χ3v) is 5.56. The zero-order valence-electron chi connectivity index (χ0n) is 11.7. The van der Waals surface area contributed by atoms with Gasteiger partial charge in [0.15, 0.2) is 0 Å². The molecule has 0 amide bonds. The minimum absolute atomic E-state index is 0.0842. The van der Waals surface area contributed by atoms with Crippen molar-refractivity contribution in [3.63, 3.8) is 0 Å². The van der Waals surface area contributed by atoms with Crippen LogP contribution in [-0.2, 0) is 16.6 Å². The molecule has 6 heteroatoms. The first-order valence-electron chi connectivity index (χ1n) is 6.34. The molecule has 0 heterocycles. The second-order valence-electron chi connectivity index (χ2n) is 4.34. The minimum atomic E-state index is -3.56. The van der Waals surface area contributed by atoms with Crippen LogP contribution >= 0.6 is 15.9 Å². The average molecular weight is 359 g/mol. The molecule has 0 aromatic heterocycles. The van der Waals surface area contributed by atoms with E-state index in [1.54, 1.807) is 12.1 Å². The maximum atomic E-state index is 12.6. The second kappa shape index (κ2) is 7.79. The SMILES string of the molecule is C#CCN(CCC)S(=O)(=O)c1ccc(CNC)cc1Br. The van der Waals surface area contributed by atoms with Crippen molar-refractivity contribution in [3.8, 4) is 12.3 Å². The molecule has 110 valence electrons. The third kappa shape index (κ3) is 4.06. The smallest absolute Gasteiger partial charge is 0.245 e. The Hall–Kier alpha value is -0.870. The number of hydrogen-bond donors (Lipinski definition) is 1. The van der Waals surface area contributed by atoms with E-state index in [2.05, 4.69) is 27.2 Å². The Bertz CT molecular complexity index is 594. The molecular formula is C14H19BrN2O2S. The van der Waals surface area contributed by atoms with Gasteiger partial charge in [-0.15, -0.1) is 6.42 Å². The van der Waals surface area contributed by atoms with Crippen molar-refractivity contribution in [3.05, 3.63) is 28.2 Å². The van der Waals surface area contributed by atoms with Gasteiger partial charge in [-0.1, -0.05) is 18.9 Å². The quantitative estimate of drug-likeness (QED) is 0.760. The molecule has 1 aromatic carbocycles. The molecule has 0 fully saturated rings. The van der Waals surface area contributed by atoms with Crippen molar-refractivity contribution in [1.82, 2.24) is 9.62 Å². The van der Waals surface area contributed by atoms with Gasteiger partial charge in [0.2, 0.25) is 10.0 Å². The Labute approximate surface area is 129 Å². The molecule has 0 saturated carbocycles. The minimum Gasteiger partial charge on any atom is -0.316 e. The molecular weight excluding hydrogens is 340 g/mol. The van der Waals surface area contributed by atoms with Gasteiger partial charge in [0.05, 0.1) is 11.4 Å². The van der Waals surface area contributed by atoms with Crippen molar-refractivity contribution in [2.75, 3.05) is 20.1 Å². The van der Waals surface area contributed by atoms with Crippen LogP contribution in [0.4, 0.5) is 0 Å². The standard InChI is InChI=1S/C14H19BrN2O2S/c1-4-8-17(9-5-2)20(18,19)14-7-6-12(11-16-3)10-13(14)15/h1,6-7,10,16H,5,8-9,11H2,2-3H3. The van der Waals surface area contributed by atoms with Gasteiger partial charge in [-0.2, -0.15) is 4.31 Å². The molecule has 20 heavy (non-hydrogen) atoms. The fourth-order valence-corrected chi connectivity index (χ4v) is 4.37. The van der Waals surface area contributed by atoms with Crippen molar-refractivity contribution in [2.24, 2.45) is 0 Å². The van der Waals surface area contributed by atoms with Gasteiger partial charge >= 0.3 is 0 Å².